The van der Waals surface area contributed by atoms with Gasteiger partial charge in [-0.3, -0.25) is 0 Å². The predicted octanol–water partition coefficient (Wildman–Crippen LogP) is 4.99. The highest BCUT2D eigenvalue weighted by Crippen LogP contribution is 2.41. The highest BCUT2D eigenvalue weighted by atomic mass is 19.4. The fourth-order valence-electron chi connectivity index (χ4n) is 1.85. The Kier molecular flexibility index (Phi) is 3.22. The molecule has 8 heteroatoms. The molecule has 1 heterocycles. The molecule has 0 saturated carbocycles. The van der Waals surface area contributed by atoms with Crippen molar-refractivity contribution < 1.29 is 30.9 Å². The van der Waals surface area contributed by atoms with Crippen LogP contribution in [0.15, 0.2) is 16.7 Å². The van der Waals surface area contributed by atoms with E-state index >= 15 is 0 Å². The summed E-state index contributed by atoms with van der Waals surface area (Å²) in [6, 6.07) is 0.675. The van der Waals surface area contributed by atoms with Crippen LogP contribution in [0.3, 0.4) is 0 Å². The normalized spacial score (nSPS) is 13.4. The fraction of sp³-hybridized carbons (Fsp3) is 0.417. The van der Waals surface area contributed by atoms with Crippen LogP contribution in [0.25, 0.3) is 11.0 Å². The Labute approximate surface area is 109 Å². The van der Waals surface area contributed by atoms with E-state index < -0.39 is 29.1 Å². The lowest BCUT2D eigenvalue weighted by Gasteiger charge is -2.12. The van der Waals surface area contributed by atoms with E-state index in [-0.39, 0.29) is 23.1 Å². The van der Waals surface area contributed by atoms with Gasteiger partial charge in [-0.1, -0.05) is 19.0 Å². The third kappa shape index (κ3) is 2.46. The van der Waals surface area contributed by atoms with E-state index in [9.17, 15) is 26.3 Å². The third-order valence-corrected chi connectivity index (χ3v) is 2.78. The van der Waals surface area contributed by atoms with Gasteiger partial charge >= 0.3 is 12.4 Å². The summed E-state index contributed by atoms with van der Waals surface area (Å²) in [7, 11) is 0. The predicted molar refractivity (Wildman–Crippen MR) is 58.1 cm³/mol. The van der Waals surface area contributed by atoms with E-state index in [2.05, 4.69) is 9.68 Å². The smallest absolute Gasteiger partial charge is 0.355 e. The molecule has 0 atom stereocenters. The lowest BCUT2D eigenvalue weighted by molar-refractivity contribution is -0.142. The summed E-state index contributed by atoms with van der Waals surface area (Å²) in [5.41, 5.74) is -3.45. The number of hydrogen-bond acceptors (Lipinski definition) is 2. The van der Waals surface area contributed by atoms with Crippen LogP contribution < -0.4 is 0 Å². The van der Waals surface area contributed by atoms with Crippen LogP contribution in [0.1, 0.15) is 36.6 Å². The van der Waals surface area contributed by atoms with Crippen LogP contribution in [-0.4, -0.2) is 5.16 Å². The number of alkyl halides is 6. The zero-order valence-electron chi connectivity index (χ0n) is 10.4. The van der Waals surface area contributed by atoms with Gasteiger partial charge in [0.15, 0.2) is 5.58 Å². The lowest BCUT2D eigenvalue weighted by atomic mass is 10.0. The summed E-state index contributed by atoms with van der Waals surface area (Å²) in [4.78, 5) is 0. The molecule has 0 amide bonds. The number of rotatable bonds is 1. The molecule has 0 saturated heterocycles. The van der Waals surface area contributed by atoms with E-state index in [1.54, 1.807) is 13.8 Å². The third-order valence-electron chi connectivity index (χ3n) is 2.78. The first-order chi connectivity index (χ1) is 9.01. The molecule has 0 bridgehead atoms. The maximum absolute atomic E-state index is 12.8. The molecule has 2 rings (SSSR count). The SMILES string of the molecule is CC(C)c1noc2c(C(F)(F)F)cc(C(F)(F)F)cc12. The Morgan fingerprint density at radius 2 is 1.60 bits per heavy atom. The molecule has 0 radical (unpaired) electrons. The second-order valence-electron chi connectivity index (χ2n) is 4.62. The van der Waals surface area contributed by atoms with Crippen molar-refractivity contribution in [2.45, 2.75) is 32.1 Å². The maximum Gasteiger partial charge on any atom is 0.420 e. The Balaban J connectivity index is 2.84. The van der Waals surface area contributed by atoms with Crippen LogP contribution >= 0.6 is 0 Å². The number of nitrogens with zero attached hydrogens (tertiary/aromatic N) is 1. The molecule has 0 aliphatic heterocycles. The summed E-state index contributed by atoms with van der Waals surface area (Å²) in [6.07, 6.45) is -9.83. The molecule has 0 spiro atoms. The summed E-state index contributed by atoms with van der Waals surface area (Å²) < 4.78 is 81.2. The zero-order valence-corrected chi connectivity index (χ0v) is 10.4. The van der Waals surface area contributed by atoms with Gasteiger partial charge in [0.1, 0.15) is 5.56 Å². The van der Waals surface area contributed by atoms with Crippen LogP contribution in [0.2, 0.25) is 0 Å². The van der Waals surface area contributed by atoms with Crippen LogP contribution in [0.5, 0.6) is 0 Å². The van der Waals surface area contributed by atoms with Gasteiger partial charge in [-0.15, -0.1) is 0 Å². The number of hydrogen-bond donors (Lipinski definition) is 0. The first kappa shape index (κ1) is 14.7. The van der Waals surface area contributed by atoms with Gasteiger partial charge in [-0.2, -0.15) is 26.3 Å². The van der Waals surface area contributed by atoms with Gasteiger partial charge in [0.25, 0.3) is 0 Å². The van der Waals surface area contributed by atoms with Crippen molar-refractivity contribution in [3.63, 3.8) is 0 Å². The molecule has 0 aliphatic carbocycles. The standard InChI is InChI=1S/C12H9F6NO/c1-5(2)9-7-3-6(11(13,14)15)4-8(12(16,17)18)10(7)20-19-9/h3-5H,1-2H3. The monoisotopic (exact) mass is 297 g/mol. The van der Waals surface area contributed by atoms with E-state index in [4.69, 9.17) is 0 Å². The Morgan fingerprint density at radius 1 is 1.00 bits per heavy atom. The van der Waals surface area contributed by atoms with E-state index in [1.165, 1.54) is 0 Å². The van der Waals surface area contributed by atoms with E-state index in [0.29, 0.717) is 6.07 Å². The summed E-state index contributed by atoms with van der Waals surface area (Å²) >= 11 is 0. The highest BCUT2D eigenvalue weighted by Gasteiger charge is 2.40. The zero-order chi connectivity index (χ0) is 15.3. The summed E-state index contributed by atoms with van der Waals surface area (Å²) in [6.45, 7) is 3.20. The molecule has 0 N–H and O–H groups in total. The molecular weight excluding hydrogens is 288 g/mol. The molecule has 110 valence electrons. The summed E-state index contributed by atoms with van der Waals surface area (Å²) in [5, 5.41) is 3.19. The molecule has 0 fully saturated rings. The second kappa shape index (κ2) is 4.39. The molecule has 1 aromatic carbocycles. The first-order valence-corrected chi connectivity index (χ1v) is 5.59. The number of aromatic nitrogens is 1. The minimum absolute atomic E-state index is 0.0393. The van der Waals surface area contributed by atoms with Gasteiger partial charge in [-0.05, 0) is 18.1 Å². The van der Waals surface area contributed by atoms with Gasteiger partial charge < -0.3 is 4.52 Å². The minimum atomic E-state index is -4.95. The van der Waals surface area contributed by atoms with Crippen molar-refractivity contribution in [2.24, 2.45) is 0 Å². The van der Waals surface area contributed by atoms with Crippen molar-refractivity contribution in [3.8, 4) is 0 Å². The minimum Gasteiger partial charge on any atom is -0.355 e. The highest BCUT2D eigenvalue weighted by molar-refractivity contribution is 5.84. The Morgan fingerprint density at radius 3 is 2.05 bits per heavy atom. The molecular formula is C12H9F6NO. The second-order valence-corrected chi connectivity index (χ2v) is 4.62. The van der Waals surface area contributed by atoms with E-state index in [0.717, 1.165) is 0 Å². The van der Waals surface area contributed by atoms with Crippen molar-refractivity contribution >= 4 is 11.0 Å². The van der Waals surface area contributed by atoms with Crippen molar-refractivity contribution in [1.29, 1.82) is 0 Å². The van der Waals surface area contributed by atoms with Crippen molar-refractivity contribution in [1.82, 2.24) is 5.16 Å². The maximum atomic E-state index is 12.8. The average Bonchev–Trinajstić information content (AvgIpc) is 2.68. The van der Waals surface area contributed by atoms with Gasteiger partial charge in [0.2, 0.25) is 0 Å². The fourth-order valence-corrected chi connectivity index (χ4v) is 1.85. The van der Waals surface area contributed by atoms with Gasteiger partial charge in [-0.25, -0.2) is 0 Å². The summed E-state index contributed by atoms with van der Waals surface area (Å²) in [5.74, 6) is -0.360. The number of fused-ring (bicyclic) bond motifs is 1. The topological polar surface area (TPSA) is 26.0 Å². The molecule has 2 aromatic rings. The molecule has 1 aromatic heterocycles. The first-order valence-electron chi connectivity index (χ1n) is 5.59. The van der Waals surface area contributed by atoms with Crippen LogP contribution in [0.4, 0.5) is 26.3 Å². The van der Waals surface area contributed by atoms with Crippen LogP contribution in [0, 0.1) is 0 Å². The molecule has 0 unspecified atom stereocenters. The Hall–Kier alpha value is -1.73. The van der Waals surface area contributed by atoms with Gasteiger partial charge in [0.05, 0.1) is 11.3 Å². The Bertz CT molecular complexity index is 638. The van der Waals surface area contributed by atoms with E-state index in [1.807, 2.05) is 0 Å². The molecule has 20 heavy (non-hydrogen) atoms. The molecule has 2 nitrogen and oxygen atoms in total. The quantitative estimate of drug-likeness (QED) is 0.693. The lowest BCUT2D eigenvalue weighted by Crippen LogP contribution is -2.11. The van der Waals surface area contributed by atoms with Crippen molar-refractivity contribution in [2.75, 3.05) is 0 Å². The van der Waals surface area contributed by atoms with Gasteiger partial charge in [0, 0.05) is 5.39 Å². The average molecular weight is 297 g/mol. The number of halogens is 6. The van der Waals surface area contributed by atoms with Crippen molar-refractivity contribution in [3.05, 3.63) is 29.0 Å². The van der Waals surface area contributed by atoms with Crippen LogP contribution in [-0.2, 0) is 12.4 Å². The molecule has 0 aliphatic rings. The number of benzene rings is 1. The largest absolute Gasteiger partial charge is 0.420 e.